The lowest BCUT2D eigenvalue weighted by atomic mass is 9.63. The number of rotatable bonds is 19. The molecule has 0 saturated heterocycles. The van der Waals surface area contributed by atoms with Crippen LogP contribution in [0.1, 0.15) is 229 Å². The Hall–Kier alpha value is -2.51. The Morgan fingerprint density at radius 1 is 0.538 bits per heavy atom. The number of carbonyl (C=O) groups excluding carboxylic acids is 1. The largest absolute Gasteiger partial charge is 0.480 e. The zero-order valence-electron chi connectivity index (χ0n) is 65.1. The summed E-state index contributed by atoms with van der Waals surface area (Å²) in [6.45, 7) is 77.1. The fourth-order valence-electron chi connectivity index (χ4n) is 14.9. The predicted octanol–water partition coefficient (Wildman–Crippen LogP) is 22.1. The van der Waals surface area contributed by atoms with Gasteiger partial charge < -0.3 is 37.0 Å². The van der Waals surface area contributed by atoms with Gasteiger partial charge in [-0.25, -0.2) is 9.59 Å². The molecule has 6 aliphatic carbocycles. The van der Waals surface area contributed by atoms with Crippen LogP contribution in [0.25, 0.3) is 0 Å². The molecule has 14 heteroatoms. The van der Waals surface area contributed by atoms with E-state index in [1.807, 2.05) is 6.92 Å². The third-order valence-electron chi connectivity index (χ3n) is 24.3. The Morgan fingerprint density at radius 2 is 0.860 bits per heavy atom. The number of hydrogen-bond acceptors (Lipinski definition) is 9. The molecule has 4 fully saturated rings. The predicted molar refractivity (Wildman–Crippen MR) is 401 cm³/mol. The number of allylic oxidation sites excluding steroid dienone is 8. The summed E-state index contributed by atoms with van der Waals surface area (Å²) in [5, 5.41) is 9.65. The summed E-state index contributed by atoms with van der Waals surface area (Å²) < 4.78 is 46.2. The molecule has 0 heterocycles. The molecule has 0 radical (unpaired) electrons. The first-order valence-electron chi connectivity index (χ1n) is 35.9. The van der Waals surface area contributed by atoms with Crippen LogP contribution >= 0.6 is 0 Å². The zero-order valence-corrected chi connectivity index (χ0v) is 69.1. The van der Waals surface area contributed by atoms with Crippen molar-refractivity contribution in [3.05, 3.63) is 94.2 Å². The van der Waals surface area contributed by atoms with Gasteiger partial charge in [-0.15, -0.1) is 0 Å². The van der Waals surface area contributed by atoms with Gasteiger partial charge in [0.25, 0.3) is 0 Å². The summed E-state index contributed by atoms with van der Waals surface area (Å²) in [7, 11) is -7.96. The zero-order chi connectivity index (χ0) is 71.1. The van der Waals surface area contributed by atoms with Crippen molar-refractivity contribution in [3.8, 4) is 0 Å². The van der Waals surface area contributed by atoms with Gasteiger partial charge in [0, 0.05) is 12.8 Å². The molecule has 93 heavy (non-hydrogen) atoms. The molecule has 0 aromatic heterocycles. The molecular weight excluding hydrogens is 1220 g/mol. The van der Waals surface area contributed by atoms with Crippen LogP contribution in [-0.4, -0.2) is 106 Å². The van der Waals surface area contributed by atoms with Gasteiger partial charge >= 0.3 is 11.9 Å². The van der Waals surface area contributed by atoms with Gasteiger partial charge in [-0.2, -0.15) is 0 Å². The maximum Gasteiger partial charge on any atom is 0.332 e. The first kappa shape index (κ1) is 81.2. The van der Waals surface area contributed by atoms with E-state index >= 15 is 0 Å². The maximum absolute atomic E-state index is 13.0. The number of fused-ring (bicyclic) bond motifs is 2. The molecule has 10 atom stereocenters. The second kappa shape index (κ2) is 29.7. The molecule has 10 nitrogen and oxygen atoms in total. The molecule has 6 aliphatic rings. The Morgan fingerprint density at radius 3 is 1.17 bits per heavy atom. The van der Waals surface area contributed by atoms with E-state index in [1.165, 1.54) is 33.4 Å². The van der Waals surface area contributed by atoms with Crippen molar-refractivity contribution in [2.24, 2.45) is 33.5 Å². The highest BCUT2D eigenvalue weighted by Crippen LogP contribution is 2.58. The van der Waals surface area contributed by atoms with Crippen molar-refractivity contribution in [3.63, 3.8) is 0 Å². The van der Waals surface area contributed by atoms with Crippen LogP contribution in [0.5, 0.6) is 0 Å². The van der Waals surface area contributed by atoms with Crippen molar-refractivity contribution >= 4 is 45.2 Å². The highest BCUT2D eigenvalue weighted by Gasteiger charge is 2.51. The molecule has 6 rings (SSSR count). The summed E-state index contributed by atoms with van der Waals surface area (Å²) in [6.07, 6.45) is 26.0. The van der Waals surface area contributed by atoms with Crippen LogP contribution in [-0.2, 0) is 41.5 Å². The SMILES string of the molecule is C=C1C(=CC=C2CCC[C@]3(C)C([C@H](C)OCC(=O)O)=CCC23)C[C@@H](O[Si](C)(C)C(C)(C)C)C[C@@H]1O[Si](C)(C)C(C)(C)C.C=C1C(=CC=C2CCC[C@]3(C)C([C@H](C)OCC(=O)OC(C(C)(C)C)C(C)(C)C)=CC[C@@H]23)C[C@@H](O[Si](C)(C)C(C)(C)C)C[C@@H]1O[Si](C)(C)C(C)(C)C. The van der Waals surface area contributed by atoms with Gasteiger partial charge in [0.15, 0.2) is 33.3 Å². The summed E-state index contributed by atoms with van der Waals surface area (Å²) >= 11 is 0. The highest BCUT2D eigenvalue weighted by molar-refractivity contribution is 6.75. The van der Waals surface area contributed by atoms with E-state index in [1.54, 1.807) is 0 Å². The Labute approximate surface area is 574 Å². The molecule has 0 spiro atoms. The molecule has 0 aliphatic heterocycles. The Bertz CT molecular complexity index is 2840. The van der Waals surface area contributed by atoms with E-state index in [-0.39, 0.29) is 104 Å². The lowest BCUT2D eigenvalue weighted by molar-refractivity contribution is -0.170. The minimum absolute atomic E-state index is 0.00599. The normalized spacial score (nSPS) is 29.1. The van der Waals surface area contributed by atoms with Crippen LogP contribution in [0.15, 0.2) is 94.2 Å². The first-order chi connectivity index (χ1) is 42.0. The second-order valence-corrected chi connectivity index (χ2v) is 56.9. The molecule has 530 valence electrons. The van der Waals surface area contributed by atoms with Crippen LogP contribution in [0.2, 0.25) is 72.5 Å². The van der Waals surface area contributed by atoms with E-state index in [0.29, 0.717) is 11.8 Å². The minimum atomic E-state index is -2.02. The third-order valence-corrected chi connectivity index (χ3v) is 42.3. The fraction of sp³-hybridized carbons (Fsp3) is 0.772. The number of carbonyl (C=O) groups is 2. The molecule has 1 unspecified atom stereocenters. The lowest BCUT2D eigenvalue weighted by Gasteiger charge is -2.45. The van der Waals surface area contributed by atoms with E-state index in [4.69, 9.17) is 37.0 Å². The number of carboxylic acid groups (broad SMARTS) is 1. The second-order valence-electron chi connectivity index (χ2n) is 37.9. The molecule has 0 aromatic rings. The summed E-state index contributed by atoms with van der Waals surface area (Å²) in [5.74, 6) is -0.355. The standard InChI is InChI=1S/C44H78O5Si2.C35H60O5Si2/c1-30-33(27-34(48-50(16,17)42(9,10)11)28-37(30)49-51(18,19)43(12,13)14)23-22-32-21-20-26-44(15)35(24-25-36(32)44)31(2)46-29-38(45)47-39(40(3,4)5)41(6,7)8;1-24-27(17-16-26-15-14-20-35(9)29(18-19-30(26)35)25(2)38-23-32(36)37)21-28(39-41(10,11)33(3,4)5)22-31(24)40-42(12,13)34(6,7)8/h22-24,31,34,36-37,39H,1,20-21,25-29H2,2-19H3;16-18,25,28,30-31H,1,14-15,19-23H2,2-13H3,(H,36,37)/t31-,34+,36-,37-,44+;25-,28+,30?,31-,35+/m00/s1. The van der Waals surface area contributed by atoms with Gasteiger partial charge in [-0.3, -0.25) is 0 Å². The first-order valence-corrected chi connectivity index (χ1v) is 47.6. The summed E-state index contributed by atoms with van der Waals surface area (Å²) in [5.41, 5.74) is 10.1. The van der Waals surface area contributed by atoms with Crippen LogP contribution in [0.4, 0.5) is 0 Å². The number of ether oxygens (including phenoxy) is 3. The van der Waals surface area contributed by atoms with Crippen molar-refractivity contribution in [2.45, 2.75) is 345 Å². The van der Waals surface area contributed by atoms with Crippen molar-refractivity contribution in [1.29, 1.82) is 0 Å². The third kappa shape index (κ3) is 19.9. The number of esters is 1. The van der Waals surface area contributed by atoms with Gasteiger partial charge in [-0.1, -0.05) is 199 Å². The van der Waals surface area contributed by atoms with Gasteiger partial charge in [0.2, 0.25) is 0 Å². The van der Waals surface area contributed by atoms with E-state index in [0.717, 1.165) is 88.2 Å². The minimum Gasteiger partial charge on any atom is -0.480 e. The average molecular weight is 1360 g/mol. The van der Waals surface area contributed by atoms with Crippen molar-refractivity contribution < 1.29 is 46.6 Å². The summed E-state index contributed by atoms with van der Waals surface area (Å²) in [6, 6.07) is 0. The topological polar surface area (TPSA) is 119 Å². The monoisotopic (exact) mass is 1360 g/mol. The number of aliphatic carboxylic acids is 1. The van der Waals surface area contributed by atoms with Gasteiger partial charge in [0.1, 0.15) is 19.3 Å². The van der Waals surface area contributed by atoms with Crippen LogP contribution < -0.4 is 0 Å². The van der Waals surface area contributed by atoms with Crippen molar-refractivity contribution in [1.82, 2.24) is 0 Å². The Balaban J connectivity index is 0.000000343. The maximum atomic E-state index is 13.0. The molecule has 4 saturated carbocycles. The number of hydrogen-bond donors (Lipinski definition) is 1. The van der Waals surface area contributed by atoms with Gasteiger partial charge in [0.05, 0.1) is 36.6 Å². The average Bonchev–Trinajstić information content (AvgIpc) is 1.66. The van der Waals surface area contributed by atoms with E-state index in [9.17, 15) is 9.59 Å². The molecule has 0 aromatic carbocycles. The van der Waals surface area contributed by atoms with Crippen LogP contribution in [0.3, 0.4) is 0 Å². The Kier molecular flexibility index (Phi) is 26.0. The molecule has 1 N–H and O–H groups in total. The van der Waals surface area contributed by atoms with E-state index in [2.05, 4.69) is 247 Å². The number of carboxylic acids is 1. The summed E-state index contributed by atoms with van der Waals surface area (Å²) in [4.78, 5) is 24.1. The van der Waals surface area contributed by atoms with E-state index < -0.39 is 39.2 Å². The van der Waals surface area contributed by atoms with Gasteiger partial charge in [-0.05, 0) is 218 Å². The van der Waals surface area contributed by atoms with Crippen molar-refractivity contribution in [2.75, 3.05) is 13.2 Å². The molecule has 0 bridgehead atoms. The quantitative estimate of drug-likeness (QED) is 0.0761. The highest BCUT2D eigenvalue weighted by atomic mass is 28.4. The van der Waals surface area contributed by atoms with Crippen LogP contribution in [0, 0.1) is 33.5 Å². The fourth-order valence-corrected chi connectivity index (χ4v) is 20.2. The molecule has 0 amide bonds. The lowest BCUT2D eigenvalue weighted by Crippen LogP contribution is -2.49. The molecular formula is C79H138O10Si4. The smallest absolute Gasteiger partial charge is 0.332 e.